The Bertz CT molecular complexity index is 959. The van der Waals surface area contributed by atoms with Gasteiger partial charge in [-0.15, -0.1) is 5.10 Å². The molecule has 3 aromatic heterocycles. The molecular weight excluding hydrogens is 395 g/mol. The van der Waals surface area contributed by atoms with E-state index >= 15 is 0 Å². The third kappa shape index (κ3) is 3.88. The maximum atomic E-state index is 12.8. The van der Waals surface area contributed by atoms with E-state index in [-0.39, 0.29) is 28.9 Å². The highest BCUT2D eigenvalue weighted by atomic mass is 35.5. The zero-order valence-corrected chi connectivity index (χ0v) is 13.8. The molecule has 0 aromatic carbocycles. The van der Waals surface area contributed by atoms with Gasteiger partial charge < -0.3 is 9.84 Å². The third-order valence-corrected chi connectivity index (χ3v) is 3.57. The Balaban J connectivity index is 1.93. The minimum Gasteiger partial charge on any atom is -0.409 e. The summed E-state index contributed by atoms with van der Waals surface area (Å²) in [6, 6.07) is 4.21. The number of tetrazole rings is 1. The zero-order chi connectivity index (χ0) is 19.6. The van der Waals surface area contributed by atoms with Crippen molar-refractivity contribution in [2.75, 3.05) is 0 Å². The SMILES string of the molecule is O=COc1cc(C(O)Cn2nnnc2C(F)(F)F)nn1-c1ncccc1Cl. The fourth-order valence-corrected chi connectivity index (χ4v) is 2.35. The van der Waals surface area contributed by atoms with Crippen LogP contribution < -0.4 is 4.74 Å². The molecule has 0 bridgehead atoms. The number of hydrogen-bond donors (Lipinski definition) is 1. The molecule has 0 aliphatic rings. The first-order valence-corrected chi connectivity index (χ1v) is 7.51. The van der Waals surface area contributed by atoms with Crippen molar-refractivity contribution in [3.8, 4) is 11.7 Å². The largest absolute Gasteiger partial charge is 0.453 e. The molecule has 0 saturated carbocycles. The van der Waals surface area contributed by atoms with Crippen LogP contribution in [-0.4, -0.2) is 46.6 Å². The summed E-state index contributed by atoms with van der Waals surface area (Å²) in [4.78, 5) is 14.7. The van der Waals surface area contributed by atoms with Crippen molar-refractivity contribution in [3.05, 3.63) is 40.9 Å². The summed E-state index contributed by atoms with van der Waals surface area (Å²) in [7, 11) is 0. The standard InChI is InChI=1S/C13H9ClF3N7O3/c14-7-2-1-3-18-11(7)24-10(27-6-25)4-8(20-24)9(26)5-23-12(13(15,16)17)19-21-22-23/h1-4,6,9,26H,5H2. The van der Waals surface area contributed by atoms with E-state index in [0.717, 1.165) is 10.7 Å². The maximum Gasteiger partial charge on any atom is 0.453 e. The first-order chi connectivity index (χ1) is 12.8. The number of carbonyl (C=O) groups excluding carboxylic acids is 1. The van der Waals surface area contributed by atoms with Crippen LogP contribution in [0.25, 0.3) is 5.82 Å². The maximum absolute atomic E-state index is 12.8. The Labute approximate surface area is 153 Å². The van der Waals surface area contributed by atoms with E-state index < -0.39 is 24.6 Å². The lowest BCUT2D eigenvalue weighted by molar-refractivity contribution is -0.148. The van der Waals surface area contributed by atoms with Gasteiger partial charge in [-0.05, 0) is 22.6 Å². The summed E-state index contributed by atoms with van der Waals surface area (Å²) in [5.74, 6) is -1.43. The van der Waals surface area contributed by atoms with E-state index in [0.29, 0.717) is 4.68 Å². The Morgan fingerprint density at radius 3 is 2.85 bits per heavy atom. The van der Waals surface area contributed by atoms with Crippen LogP contribution in [0.2, 0.25) is 5.02 Å². The lowest BCUT2D eigenvalue weighted by atomic mass is 10.2. The Morgan fingerprint density at radius 1 is 1.41 bits per heavy atom. The average Bonchev–Trinajstić information content (AvgIpc) is 3.22. The fraction of sp³-hybridized carbons (Fsp3) is 0.231. The summed E-state index contributed by atoms with van der Waals surface area (Å²) >= 11 is 6.02. The second kappa shape index (κ2) is 7.28. The molecular formula is C13H9ClF3N7O3. The molecule has 10 nitrogen and oxygen atoms in total. The molecule has 0 fully saturated rings. The van der Waals surface area contributed by atoms with Gasteiger partial charge in [-0.2, -0.15) is 23.0 Å². The molecule has 27 heavy (non-hydrogen) atoms. The van der Waals surface area contributed by atoms with Crippen molar-refractivity contribution >= 4 is 18.1 Å². The average molecular weight is 404 g/mol. The number of rotatable bonds is 6. The van der Waals surface area contributed by atoms with Crippen LogP contribution in [-0.2, 0) is 17.5 Å². The van der Waals surface area contributed by atoms with Gasteiger partial charge in [0.2, 0.25) is 5.88 Å². The normalized spacial score (nSPS) is 12.8. The molecule has 0 aliphatic heterocycles. The van der Waals surface area contributed by atoms with Gasteiger partial charge in [-0.25, -0.2) is 9.67 Å². The number of halogens is 4. The molecule has 14 heteroatoms. The lowest BCUT2D eigenvalue weighted by Crippen LogP contribution is -2.19. The number of nitrogens with zero attached hydrogens (tertiary/aromatic N) is 7. The Hall–Kier alpha value is -3.06. The highest BCUT2D eigenvalue weighted by Crippen LogP contribution is 2.29. The number of pyridine rings is 1. The molecule has 1 N–H and O–H groups in total. The number of carbonyl (C=O) groups is 1. The van der Waals surface area contributed by atoms with Crippen LogP contribution in [0.3, 0.4) is 0 Å². The van der Waals surface area contributed by atoms with Gasteiger partial charge >= 0.3 is 6.18 Å². The van der Waals surface area contributed by atoms with Gasteiger partial charge in [-0.3, -0.25) is 4.79 Å². The van der Waals surface area contributed by atoms with Crippen LogP contribution in [0, 0.1) is 0 Å². The second-order valence-corrected chi connectivity index (χ2v) is 5.45. The molecule has 1 unspecified atom stereocenters. The van der Waals surface area contributed by atoms with Gasteiger partial charge in [0.05, 0.1) is 17.3 Å². The molecule has 3 rings (SSSR count). The van der Waals surface area contributed by atoms with E-state index in [4.69, 9.17) is 16.3 Å². The van der Waals surface area contributed by atoms with Crippen LogP contribution in [0.5, 0.6) is 5.88 Å². The molecule has 142 valence electrons. The van der Waals surface area contributed by atoms with Crippen molar-refractivity contribution in [2.45, 2.75) is 18.8 Å². The number of alkyl halides is 3. The minimum absolute atomic E-state index is 0.0906. The predicted octanol–water partition coefficient (Wildman–Crippen LogP) is 1.19. The van der Waals surface area contributed by atoms with Gasteiger partial charge in [0.15, 0.2) is 5.82 Å². The van der Waals surface area contributed by atoms with Crippen molar-refractivity contribution in [2.24, 2.45) is 0 Å². The molecule has 0 radical (unpaired) electrons. The summed E-state index contributed by atoms with van der Waals surface area (Å²) in [6.45, 7) is -0.529. The Kier molecular flexibility index (Phi) is 5.05. The smallest absolute Gasteiger partial charge is 0.409 e. The first kappa shape index (κ1) is 18.7. The fourth-order valence-electron chi connectivity index (χ4n) is 2.15. The monoisotopic (exact) mass is 403 g/mol. The predicted molar refractivity (Wildman–Crippen MR) is 80.8 cm³/mol. The van der Waals surface area contributed by atoms with Crippen molar-refractivity contribution in [3.63, 3.8) is 0 Å². The number of aliphatic hydroxyl groups is 1. The topological polar surface area (TPSA) is 121 Å². The molecule has 0 aliphatic carbocycles. The molecule has 1 atom stereocenters. The molecule has 0 saturated heterocycles. The van der Waals surface area contributed by atoms with E-state index in [9.17, 15) is 23.1 Å². The van der Waals surface area contributed by atoms with Crippen LogP contribution in [0.1, 0.15) is 17.6 Å². The van der Waals surface area contributed by atoms with Crippen LogP contribution in [0.4, 0.5) is 13.2 Å². The lowest BCUT2D eigenvalue weighted by Gasteiger charge is -2.10. The quantitative estimate of drug-likeness (QED) is 0.609. The van der Waals surface area contributed by atoms with Crippen molar-refractivity contribution in [1.82, 2.24) is 35.0 Å². The highest BCUT2D eigenvalue weighted by molar-refractivity contribution is 6.32. The zero-order valence-electron chi connectivity index (χ0n) is 13.1. The van der Waals surface area contributed by atoms with E-state index in [2.05, 4.69) is 25.6 Å². The molecule has 0 amide bonds. The molecule has 3 aromatic rings. The number of hydrogen-bond acceptors (Lipinski definition) is 8. The summed E-state index contributed by atoms with van der Waals surface area (Å²) in [5, 5.41) is 23.5. The summed E-state index contributed by atoms with van der Waals surface area (Å²) < 4.78 is 44.7. The van der Waals surface area contributed by atoms with Crippen LogP contribution in [0.15, 0.2) is 24.4 Å². The summed E-state index contributed by atoms with van der Waals surface area (Å²) in [6.07, 6.45) is -4.94. The third-order valence-electron chi connectivity index (χ3n) is 3.28. The highest BCUT2D eigenvalue weighted by Gasteiger charge is 2.38. The van der Waals surface area contributed by atoms with Gasteiger partial charge in [-0.1, -0.05) is 11.6 Å². The van der Waals surface area contributed by atoms with Crippen molar-refractivity contribution < 1.29 is 27.8 Å². The second-order valence-electron chi connectivity index (χ2n) is 5.04. The molecule has 3 heterocycles. The van der Waals surface area contributed by atoms with E-state index in [1.54, 1.807) is 6.07 Å². The van der Waals surface area contributed by atoms with Gasteiger partial charge in [0.1, 0.15) is 6.10 Å². The van der Waals surface area contributed by atoms with E-state index in [1.807, 2.05) is 0 Å². The first-order valence-electron chi connectivity index (χ1n) is 7.14. The number of aliphatic hydroxyl groups excluding tert-OH is 1. The van der Waals surface area contributed by atoms with Crippen LogP contribution >= 0.6 is 11.6 Å². The summed E-state index contributed by atoms with van der Waals surface area (Å²) in [5.41, 5.74) is -0.114. The van der Waals surface area contributed by atoms with E-state index in [1.165, 1.54) is 12.3 Å². The van der Waals surface area contributed by atoms with Gasteiger partial charge in [0.25, 0.3) is 12.3 Å². The number of aromatic nitrogens is 7. The van der Waals surface area contributed by atoms with Gasteiger partial charge in [0, 0.05) is 12.3 Å². The Morgan fingerprint density at radius 2 is 2.19 bits per heavy atom. The minimum atomic E-state index is -4.80. The van der Waals surface area contributed by atoms with Crippen molar-refractivity contribution in [1.29, 1.82) is 0 Å². The molecule has 0 spiro atoms. The number of ether oxygens (including phenoxy) is 1.